The predicted octanol–water partition coefficient (Wildman–Crippen LogP) is -7.74. The van der Waals surface area contributed by atoms with Crippen LogP contribution in [0.4, 0.5) is 0 Å². The van der Waals surface area contributed by atoms with Gasteiger partial charge in [0.2, 0.25) is 0 Å². The summed E-state index contributed by atoms with van der Waals surface area (Å²) in [4.78, 5) is 2.86. The van der Waals surface area contributed by atoms with Crippen molar-refractivity contribution in [2.45, 2.75) is 0 Å². The Balaban J connectivity index is -0.00000000533. The quantitative estimate of drug-likeness (QED) is 0.201. The zero-order valence-corrected chi connectivity index (χ0v) is 7.33. The Morgan fingerprint density at radius 1 is 1.00 bits per heavy atom. The molecule has 0 aliphatic carbocycles. The average molecular weight is 174 g/mol. The first kappa shape index (κ1) is 45.3. The van der Waals surface area contributed by atoms with Crippen molar-refractivity contribution in [2.75, 3.05) is 0 Å². The van der Waals surface area contributed by atoms with Gasteiger partial charge in [0.1, 0.15) is 0 Å². The second-order valence-corrected chi connectivity index (χ2v) is 0.432. The van der Waals surface area contributed by atoms with E-state index >= 15 is 0 Å². The van der Waals surface area contributed by atoms with Crippen LogP contribution in [0.5, 0.6) is 0 Å². The molecule has 0 aliphatic heterocycles. The van der Waals surface area contributed by atoms with Gasteiger partial charge in [0, 0.05) is 0 Å². The number of rotatable bonds is 1. The van der Waals surface area contributed by atoms with Crippen molar-refractivity contribution < 1.29 is 73.0 Å². The third-order valence-corrected chi connectivity index (χ3v) is 0.0943. The Bertz CT molecular complexity index is 28.1. The fourth-order valence-corrected chi connectivity index (χ4v) is 0. The SMILES string of the molecule is O.O.O.O.OOB(O)O.[H-].[Na+]. The van der Waals surface area contributed by atoms with Gasteiger partial charge in [-0.2, -0.15) is 0 Å². The monoisotopic (exact) mass is 174 g/mol. The van der Waals surface area contributed by atoms with Crippen LogP contribution < -0.4 is 29.6 Å². The molecular formula is H12BNaO8. The molecule has 10 heavy (non-hydrogen) atoms. The van der Waals surface area contributed by atoms with Crippen molar-refractivity contribution in [1.82, 2.24) is 0 Å². The first-order valence-corrected chi connectivity index (χ1v) is 0.935. The molecule has 0 saturated heterocycles. The molecule has 0 atom stereocenters. The molecule has 0 fully saturated rings. The number of hydrogen-bond donors (Lipinski definition) is 3. The summed E-state index contributed by atoms with van der Waals surface area (Å²) in [5.74, 6) is 0. The van der Waals surface area contributed by atoms with E-state index in [9.17, 15) is 0 Å². The second-order valence-electron chi connectivity index (χ2n) is 0.432. The van der Waals surface area contributed by atoms with Gasteiger partial charge >= 0.3 is 36.9 Å². The average Bonchev–Trinajstić information content (AvgIpc) is 1.38. The van der Waals surface area contributed by atoms with Crippen molar-refractivity contribution in [3.05, 3.63) is 0 Å². The van der Waals surface area contributed by atoms with Crippen molar-refractivity contribution in [3.63, 3.8) is 0 Å². The molecule has 0 aromatic rings. The van der Waals surface area contributed by atoms with E-state index in [2.05, 4.69) is 4.81 Å². The first-order chi connectivity index (χ1) is 2.27. The fraction of sp³-hybridized carbons (Fsp3) is 0. The molecule has 0 amide bonds. The molecule has 8 nitrogen and oxygen atoms in total. The van der Waals surface area contributed by atoms with Crippen LogP contribution in [-0.4, -0.2) is 44.5 Å². The van der Waals surface area contributed by atoms with Gasteiger partial charge in [0.05, 0.1) is 0 Å². The van der Waals surface area contributed by atoms with Crippen molar-refractivity contribution in [2.24, 2.45) is 0 Å². The van der Waals surface area contributed by atoms with Crippen molar-refractivity contribution in [3.8, 4) is 0 Å². The van der Waals surface area contributed by atoms with Gasteiger partial charge in [-0.25, -0.2) is 4.81 Å². The van der Waals surface area contributed by atoms with Gasteiger partial charge in [-0.1, -0.05) is 0 Å². The van der Waals surface area contributed by atoms with E-state index in [-0.39, 0.29) is 52.9 Å². The molecule has 0 spiro atoms. The zero-order chi connectivity index (χ0) is 4.28. The summed E-state index contributed by atoms with van der Waals surface area (Å²) in [7, 11) is -2.06. The van der Waals surface area contributed by atoms with Gasteiger partial charge in [-0.05, 0) is 0 Å². The minimum atomic E-state index is -2.06. The Kier molecular flexibility index (Phi) is 150. The van der Waals surface area contributed by atoms with E-state index in [1.807, 2.05) is 0 Å². The topological polar surface area (TPSA) is 196 Å². The summed E-state index contributed by atoms with van der Waals surface area (Å²) >= 11 is 0. The summed E-state index contributed by atoms with van der Waals surface area (Å²) in [6.07, 6.45) is 0. The largest absolute Gasteiger partial charge is 1.00 e. The Morgan fingerprint density at radius 3 is 1.10 bits per heavy atom. The minimum absolute atomic E-state index is 0. The third-order valence-electron chi connectivity index (χ3n) is 0.0943. The van der Waals surface area contributed by atoms with Crippen LogP contribution in [-0.2, 0) is 4.81 Å². The van der Waals surface area contributed by atoms with Gasteiger partial charge in [-0.3, -0.25) is 5.26 Å². The third kappa shape index (κ3) is 69.6. The maximum atomic E-state index is 7.44. The summed E-state index contributed by atoms with van der Waals surface area (Å²) in [5.41, 5.74) is 0. The minimum Gasteiger partial charge on any atom is -1.00 e. The predicted molar refractivity (Wildman–Crippen MR) is 29.5 cm³/mol. The smallest absolute Gasteiger partial charge is 1.00 e. The molecular weight excluding hydrogens is 162 g/mol. The molecule has 0 radical (unpaired) electrons. The van der Waals surface area contributed by atoms with Crippen LogP contribution in [0.1, 0.15) is 1.43 Å². The summed E-state index contributed by atoms with van der Waals surface area (Å²) in [5, 5.41) is 22.0. The van der Waals surface area contributed by atoms with Gasteiger partial charge in [-0.15, -0.1) is 0 Å². The van der Waals surface area contributed by atoms with E-state index in [1.54, 1.807) is 0 Å². The van der Waals surface area contributed by atoms with E-state index in [0.717, 1.165) is 0 Å². The standard InChI is InChI=1S/BH3O4.Na.4H2O.H/c2-1(3)5-4;;;;;;/h2-4H;;4*1H2;/q;+1;;;;;-1. The van der Waals surface area contributed by atoms with Crippen LogP contribution in [0.25, 0.3) is 0 Å². The van der Waals surface area contributed by atoms with Crippen LogP contribution in [0.2, 0.25) is 0 Å². The molecule has 64 valence electrons. The van der Waals surface area contributed by atoms with Crippen LogP contribution in [0, 0.1) is 0 Å². The summed E-state index contributed by atoms with van der Waals surface area (Å²) < 4.78 is 0. The molecule has 0 unspecified atom stereocenters. The molecule has 0 heterocycles. The fourth-order valence-electron chi connectivity index (χ4n) is 0. The molecule has 0 bridgehead atoms. The maximum Gasteiger partial charge on any atom is 1.00 e. The van der Waals surface area contributed by atoms with E-state index in [1.165, 1.54) is 0 Å². The molecule has 0 rings (SSSR count). The Morgan fingerprint density at radius 2 is 1.10 bits per heavy atom. The summed E-state index contributed by atoms with van der Waals surface area (Å²) in [6, 6.07) is 0. The first-order valence-electron chi connectivity index (χ1n) is 0.935. The molecule has 0 aliphatic rings. The normalized spacial score (nSPS) is 3.90. The van der Waals surface area contributed by atoms with Crippen molar-refractivity contribution >= 4 is 7.32 Å². The van der Waals surface area contributed by atoms with Crippen molar-refractivity contribution in [1.29, 1.82) is 0 Å². The summed E-state index contributed by atoms with van der Waals surface area (Å²) in [6.45, 7) is 0. The zero-order valence-electron chi connectivity index (χ0n) is 6.33. The van der Waals surface area contributed by atoms with Gasteiger partial charge in [0.15, 0.2) is 0 Å². The van der Waals surface area contributed by atoms with Gasteiger partial charge < -0.3 is 33.4 Å². The van der Waals surface area contributed by atoms with Crippen LogP contribution in [0.3, 0.4) is 0 Å². The van der Waals surface area contributed by atoms with E-state index in [4.69, 9.17) is 15.3 Å². The second kappa shape index (κ2) is 33.1. The van der Waals surface area contributed by atoms with Crippen LogP contribution >= 0.6 is 0 Å². The van der Waals surface area contributed by atoms with Crippen LogP contribution in [0.15, 0.2) is 0 Å². The molecule has 11 N–H and O–H groups in total. The van der Waals surface area contributed by atoms with E-state index < -0.39 is 7.32 Å². The Hall–Kier alpha value is 0.745. The van der Waals surface area contributed by atoms with Gasteiger partial charge in [0.25, 0.3) is 0 Å². The maximum absolute atomic E-state index is 7.44. The number of hydrogen-bond acceptors (Lipinski definition) is 4. The molecule has 0 aromatic heterocycles. The molecule has 0 aromatic carbocycles. The molecule has 0 saturated carbocycles. The van der Waals surface area contributed by atoms with E-state index in [0.29, 0.717) is 0 Å². The Labute approximate surface area is 80.5 Å². The molecule has 10 heteroatoms.